The van der Waals surface area contributed by atoms with Crippen LogP contribution >= 0.6 is 0 Å². The van der Waals surface area contributed by atoms with Crippen LogP contribution in [0.2, 0.25) is 0 Å². The van der Waals surface area contributed by atoms with E-state index in [4.69, 9.17) is 0 Å². The van der Waals surface area contributed by atoms with Gasteiger partial charge in [-0.25, -0.2) is 0 Å². The number of carbonyl (C=O) groups is 1. The zero-order chi connectivity index (χ0) is 13.1. The van der Waals surface area contributed by atoms with E-state index in [0.29, 0.717) is 12.1 Å². The Morgan fingerprint density at radius 3 is 2.89 bits per heavy atom. The topological polar surface area (TPSA) is 47.9 Å². The summed E-state index contributed by atoms with van der Waals surface area (Å²) in [5.74, 6) is -0.0632. The maximum Gasteiger partial charge on any atom is 0.253 e. The lowest BCUT2D eigenvalue weighted by Gasteiger charge is -2.25. The fourth-order valence-corrected chi connectivity index (χ4v) is 1.91. The number of amides is 1. The molecule has 1 aromatic carbocycles. The second-order valence-electron chi connectivity index (χ2n) is 4.31. The summed E-state index contributed by atoms with van der Waals surface area (Å²) in [6.07, 6.45) is 1.82. The average molecular weight is 246 g/mol. The summed E-state index contributed by atoms with van der Waals surface area (Å²) in [6, 6.07) is 5.81. The molecule has 1 aromatic rings. The SMILES string of the molecule is CCNC(=O)c1cc(C)ccc1N1N=CCN1C. The maximum absolute atomic E-state index is 12.1. The van der Waals surface area contributed by atoms with Gasteiger partial charge in [-0.3, -0.25) is 4.79 Å². The molecule has 0 spiro atoms. The predicted octanol–water partition coefficient (Wildman–Crippen LogP) is 1.40. The van der Waals surface area contributed by atoms with E-state index in [1.54, 1.807) is 5.12 Å². The lowest BCUT2D eigenvalue weighted by Crippen LogP contribution is -2.33. The molecule has 0 atom stereocenters. The van der Waals surface area contributed by atoms with Gasteiger partial charge in [-0.05, 0) is 26.0 Å². The number of anilines is 1. The van der Waals surface area contributed by atoms with Crippen LogP contribution in [0.1, 0.15) is 22.8 Å². The van der Waals surface area contributed by atoms with Crippen molar-refractivity contribution >= 4 is 17.8 Å². The van der Waals surface area contributed by atoms with E-state index in [1.165, 1.54) is 0 Å². The highest BCUT2D eigenvalue weighted by Crippen LogP contribution is 2.24. The number of nitrogens with one attached hydrogen (secondary N) is 1. The third-order valence-corrected chi connectivity index (χ3v) is 2.81. The Kier molecular flexibility index (Phi) is 3.62. The van der Waals surface area contributed by atoms with E-state index < -0.39 is 0 Å². The minimum Gasteiger partial charge on any atom is -0.352 e. The van der Waals surface area contributed by atoms with Crippen molar-refractivity contribution in [3.63, 3.8) is 0 Å². The summed E-state index contributed by atoms with van der Waals surface area (Å²) >= 11 is 0. The number of benzene rings is 1. The minimum absolute atomic E-state index is 0.0632. The second-order valence-corrected chi connectivity index (χ2v) is 4.31. The van der Waals surface area contributed by atoms with Crippen LogP contribution < -0.4 is 10.4 Å². The standard InChI is InChI=1S/C13H18N4O/c1-4-14-13(18)11-9-10(2)5-6-12(11)17-15-7-8-16(17)3/h5-7,9H,4,8H2,1-3H3,(H,14,18). The second kappa shape index (κ2) is 5.18. The first-order valence-electron chi connectivity index (χ1n) is 6.06. The van der Waals surface area contributed by atoms with Gasteiger partial charge in [-0.15, -0.1) is 0 Å². The Hall–Kier alpha value is -1.88. The Bertz CT molecular complexity index is 484. The summed E-state index contributed by atoms with van der Waals surface area (Å²) < 4.78 is 0. The molecule has 5 nitrogen and oxygen atoms in total. The Morgan fingerprint density at radius 1 is 1.50 bits per heavy atom. The molecule has 18 heavy (non-hydrogen) atoms. The molecule has 1 aliphatic rings. The summed E-state index contributed by atoms with van der Waals surface area (Å²) in [7, 11) is 1.94. The quantitative estimate of drug-likeness (QED) is 0.877. The first-order chi connectivity index (χ1) is 8.63. The predicted molar refractivity (Wildman–Crippen MR) is 72.8 cm³/mol. The monoisotopic (exact) mass is 246 g/mol. The van der Waals surface area contributed by atoms with Gasteiger partial charge in [-0.1, -0.05) is 11.6 Å². The molecule has 5 heteroatoms. The van der Waals surface area contributed by atoms with Crippen LogP contribution in [0.5, 0.6) is 0 Å². The molecule has 1 N–H and O–H groups in total. The zero-order valence-electron chi connectivity index (χ0n) is 11.0. The highest BCUT2D eigenvalue weighted by molar-refractivity contribution is 6.00. The first-order valence-corrected chi connectivity index (χ1v) is 6.06. The van der Waals surface area contributed by atoms with Crippen molar-refractivity contribution in [3.05, 3.63) is 29.3 Å². The summed E-state index contributed by atoms with van der Waals surface area (Å²) in [5, 5.41) is 10.8. The van der Waals surface area contributed by atoms with Crippen molar-refractivity contribution in [1.29, 1.82) is 0 Å². The van der Waals surface area contributed by atoms with Crippen molar-refractivity contribution in [3.8, 4) is 0 Å². The molecule has 0 fully saturated rings. The molecule has 0 saturated carbocycles. The molecule has 1 amide bonds. The number of hydrazone groups is 1. The van der Waals surface area contributed by atoms with Crippen LogP contribution in [0.4, 0.5) is 5.69 Å². The smallest absolute Gasteiger partial charge is 0.253 e. The van der Waals surface area contributed by atoms with Gasteiger partial charge in [0.25, 0.3) is 5.91 Å². The van der Waals surface area contributed by atoms with E-state index in [0.717, 1.165) is 17.8 Å². The lowest BCUT2D eigenvalue weighted by molar-refractivity contribution is 0.0955. The number of carbonyl (C=O) groups excluding carboxylic acids is 1. The van der Waals surface area contributed by atoms with E-state index in [2.05, 4.69) is 10.4 Å². The lowest BCUT2D eigenvalue weighted by atomic mass is 10.1. The van der Waals surface area contributed by atoms with Gasteiger partial charge in [0, 0.05) is 19.8 Å². The number of nitrogens with zero attached hydrogens (tertiary/aromatic N) is 3. The molecule has 0 aromatic heterocycles. The van der Waals surface area contributed by atoms with Gasteiger partial charge in [0.15, 0.2) is 0 Å². The molecular formula is C13H18N4O. The van der Waals surface area contributed by atoms with Gasteiger partial charge >= 0.3 is 0 Å². The molecule has 2 rings (SSSR count). The van der Waals surface area contributed by atoms with Crippen LogP contribution in [0.3, 0.4) is 0 Å². The Balaban J connectivity index is 2.40. The van der Waals surface area contributed by atoms with Crippen molar-refractivity contribution in [2.45, 2.75) is 13.8 Å². The van der Waals surface area contributed by atoms with E-state index in [-0.39, 0.29) is 5.91 Å². The van der Waals surface area contributed by atoms with Crippen LogP contribution in [0.15, 0.2) is 23.3 Å². The number of hydrazine groups is 1. The highest BCUT2D eigenvalue weighted by atomic mass is 16.1. The summed E-state index contributed by atoms with van der Waals surface area (Å²) in [4.78, 5) is 12.1. The fourth-order valence-electron chi connectivity index (χ4n) is 1.91. The first kappa shape index (κ1) is 12.6. The molecule has 0 bridgehead atoms. The molecule has 96 valence electrons. The molecule has 0 unspecified atom stereocenters. The van der Waals surface area contributed by atoms with Crippen LogP contribution in [0.25, 0.3) is 0 Å². The van der Waals surface area contributed by atoms with Crippen molar-refractivity contribution in [2.75, 3.05) is 25.3 Å². The number of rotatable bonds is 3. The molecule has 0 radical (unpaired) electrons. The zero-order valence-corrected chi connectivity index (χ0v) is 11.0. The Morgan fingerprint density at radius 2 is 2.28 bits per heavy atom. The molecule has 0 aliphatic carbocycles. The van der Waals surface area contributed by atoms with E-state index >= 15 is 0 Å². The normalized spacial score (nSPS) is 15.2. The number of hydrogen-bond acceptors (Lipinski definition) is 4. The molecular weight excluding hydrogens is 228 g/mol. The average Bonchev–Trinajstić information content (AvgIpc) is 2.76. The van der Waals surface area contributed by atoms with Gasteiger partial charge in [-0.2, -0.15) is 15.2 Å². The van der Waals surface area contributed by atoms with Gasteiger partial charge in [0.2, 0.25) is 0 Å². The minimum atomic E-state index is -0.0632. The third-order valence-electron chi connectivity index (χ3n) is 2.81. The van der Waals surface area contributed by atoms with Crippen LogP contribution in [-0.2, 0) is 0 Å². The van der Waals surface area contributed by atoms with Crippen LogP contribution in [0, 0.1) is 6.92 Å². The van der Waals surface area contributed by atoms with Gasteiger partial charge < -0.3 is 5.32 Å². The van der Waals surface area contributed by atoms with Gasteiger partial charge in [0.1, 0.15) is 0 Å². The Labute approximate surface area is 107 Å². The maximum atomic E-state index is 12.1. The molecule has 1 aliphatic heterocycles. The largest absolute Gasteiger partial charge is 0.352 e. The van der Waals surface area contributed by atoms with Crippen molar-refractivity contribution < 1.29 is 4.79 Å². The number of aryl methyl sites for hydroxylation is 1. The molecule has 0 saturated heterocycles. The number of hydrogen-bond donors (Lipinski definition) is 1. The summed E-state index contributed by atoms with van der Waals surface area (Å²) in [5.41, 5.74) is 2.52. The highest BCUT2D eigenvalue weighted by Gasteiger charge is 2.21. The van der Waals surface area contributed by atoms with E-state index in [9.17, 15) is 4.79 Å². The summed E-state index contributed by atoms with van der Waals surface area (Å²) in [6.45, 7) is 5.25. The van der Waals surface area contributed by atoms with E-state index in [1.807, 2.05) is 50.3 Å². The third kappa shape index (κ3) is 2.36. The van der Waals surface area contributed by atoms with Crippen molar-refractivity contribution in [1.82, 2.24) is 10.3 Å². The molecule has 1 heterocycles. The fraction of sp³-hybridized carbons (Fsp3) is 0.385. The van der Waals surface area contributed by atoms with Gasteiger partial charge in [0.05, 0.1) is 17.8 Å². The van der Waals surface area contributed by atoms with Crippen molar-refractivity contribution in [2.24, 2.45) is 5.10 Å². The van der Waals surface area contributed by atoms with Crippen LogP contribution in [-0.4, -0.2) is 37.3 Å².